The molecule has 88 heavy (non-hydrogen) atoms. The number of hydrogen-bond acceptors (Lipinski definition) is 12. The van der Waals surface area contributed by atoms with Crippen molar-refractivity contribution in [2.45, 2.75) is 138 Å². The summed E-state index contributed by atoms with van der Waals surface area (Å²) in [6.07, 6.45) is 25.9. The molecule has 3 aromatic heterocycles. The monoisotopic (exact) mass is 1350 g/mol. The first-order valence-corrected chi connectivity index (χ1v) is 35.0. The van der Waals surface area contributed by atoms with Gasteiger partial charge < -0.3 is 27.3 Å². The molecule has 3 heterocycles. The van der Waals surface area contributed by atoms with Crippen LogP contribution in [0.1, 0.15) is 133 Å². The van der Waals surface area contributed by atoms with Gasteiger partial charge in [0.15, 0.2) is 0 Å². The van der Waals surface area contributed by atoms with Crippen LogP contribution in [-0.2, 0) is 126 Å². The number of fused-ring (bicyclic) bond motifs is 3. The maximum atomic E-state index is 4.89. The molecule has 19 heteroatoms. The summed E-state index contributed by atoms with van der Waals surface area (Å²) in [6, 6.07) is 31.6. The molecule has 0 unspecified atom stereocenters. The summed E-state index contributed by atoms with van der Waals surface area (Å²) >= 11 is 4.89. The van der Waals surface area contributed by atoms with E-state index in [2.05, 4.69) is 240 Å². The van der Waals surface area contributed by atoms with Crippen molar-refractivity contribution in [2.24, 2.45) is 73.0 Å². The van der Waals surface area contributed by atoms with Crippen molar-refractivity contribution in [3.63, 3.8) is 0 Å². The van der Waals surface area contributed by atoms with Crippen molar-refractivity contribution < 1.29 is 46.4 Å². The Morgan fingerprint density at radius 3 is 0.841 bits per heavy atom. The number of benzene rings is 3. The van der Waals surface area contributed by atoms with Crippen LogP contribution < -0.4 is 28.4 Å². The second-order valence-electron chi connectivity index (χ2n) is 20.2. The van der Waals surface area contributed by atoms with E-state index in [1.165, 1.54) is 118 Å². The molecule has 3 aliphatic rings. The van der Waals surface area contributed by atoms with Gasteiger partial charge in [-0.3, -0.25) is 0 Å². The third-order valence-electron chi connectivity index (χ3n) is 14.2. The van der Waals surface area contributed by atoms with Gasteiger partial charge in [0.05, 0.1) is 42.3 Å². The molecule has 0 amide bonds. The summed E-state index contributed by atoms with van der Waals surface area (Å²) in [5.41, 5.74) is 13.1. The molecule has 6 aromatic rings. The molecule has 0 fully saturated rings. The summed E-state index contributed by atoms with van der Waals surface area (Å²) in [6.45, 7) is 15.3. The van der Waals surface area contributed by atoms with Crippen LogP contribution in [-0.4, -0.2) is 114 Å². The van der Waals surface area contributed by atoms with E-state index in [1.807, 2.05) is 69.2 Å². The topological polar surface area (TPSA) is 110 Å². The molecule has 0 saturated heterocycles. The first kappa shape index (κ1) is 87.8. The minimum absolute atomic E-state index is 0. The average molecular weight is 1350 g/mol. The van der Waals surface area contributed by atoms with E-state index >= 15 is 0 Å². The van der Waals surface area contributed by atoms with E-state index in [1.54, 1.807) is 76.4 Å². The first-order valence-electron chi connectivity index (χ1n) is 32.0. The Kier molecular flexibility index (Phi) is 58.9. The minimum Gasteiger partial charge on any atom is -0.793 e. The van der Waals surface area contributed by atoms with E-state index in [4.69, 9.17) is 12.6 Å². The van der Waals surface area contributed by atoms with Gasteiger partial charge in [0.1, 0.15) is 34.2 Å². The molecule has 9 rings (SSSR count). The smallest absolute Gasteiger partial charge is 0.243 e. The fourth-order valence-corrected chi connectivity index (χ4v) is 11.9. The number of nitrogens with zero attached hydrogens (tertiary/aromatic N) is 15. The molecule has 0 spiro atoms. The Labute approximate surface area is 576 Å². The molecule has 493 valence electrons. The molecular formula is C69H123N15S3Y+2. The van der Waals surface area contributed by atoms with Crippen molar-refractivity contribution in [2.75, 3.05) is 115 Å². The SMILES string of the molecule is CC.CC.CC.CN(CCCSSCCCN(C)c1ccccc1)c1ccccc1.CN(CCC[S-])c1ccccc1.CN=NC.CN=NC.CN=NC.Cn1c[n+](C)c2c1CCCC2.Cn1c[n+](C)c2c1CCCC2.Cn1c[n+](C)c2c1CCCC2.[Y]. The van der Waals surface area contributed by atoms with Crippen molar-refractivity contribution >= 4 is 51.3 Å². The third-order valence-corrected chi connectivity index (χ3v) is 17.0. The number of imidazole rings is 3. The normalized spacial score (nSPS) is 11.9. The summed E-state index contributed by atoms with van der Waals surface area (Å²) in [5.74, 6) is 3.28. The average Bonchev–Trinajstić information content (AvgIpc) is 4.38. The molecule has 15 nitrogen and oxygen atoms in total. The Hall–Kier alpha value is -4.36. The number of rotatable bonds is 15. The number of anilines is 3. The summed E-state index contributed by atoms with van der Waals surface area (Å²) in [4.78, 5) is 6.90. The summed E-state index contributed by atoms with van der Waals surface area (Å²) in [7, 11) is 33.2. The van der Waals surface area contributed by atoms with Crippen LogP contribution in [0.15, 0.2) is 141 Å². The molecule has 3 aliphatic carbocycles. The van der Waals surface area contributed by atoms with Crippen LogP contribution in [0.2, 0.25) is 0 Å². The standard InChI is InChI=1S/C20H28N2S2.C10H15NS.3C9H15N2.3C2H6N2.3C2H6.Y/c1-21(19-11-5-3-6-12-19)15-9-17-23-24-18-10-16-22(2)20-13-7-4-8-14-20;1-11(8-5-9-12)10-6-3-2-4-7-10;3*1-10-7-11(2)9-6-4-3-5-8(9)10;3*1-3-4-2;3*1-2;/h3-8,11-14H,9-10,15-18H2,1-2H3;2-4,6-7,12H,5,8-9H2,1H3;3*7H,3-6H2,1-2H3;3*1-2H3;3*1-2H3;/q;;3*+1;;;;;;;/p-1. The summed E-state index contributed by atoms with van der Waals surface area (Å²) < 4.78 is 13.6. The minimum atomic E-state index is 0. The van der Waals surface area contributed by atoms with Crippen LogP contribution in [0, 0.1) is 0 Å². The zero-order chi connectivity index (χ0) is 65.6. The van der Waals surface area contributed by atoms with Crippen molar-refractivity contribution in [3.05, 3.63) is 144 Å². The summed E-state index contributed by atoms with van der Waals surface area (Å²) in [5, 5.41) is 20.2. The van der Waals surface area contributed by atoms with Crippen LogP contribution >= 0.6 is 21.6 Å². The van der Waals surface area contributed by atoms with Gasteiger partial charge in [-0.1, -0.05) is 124 Å². The Balaban J connectivity index is -0.000000984. The van der Waals surface area contributed by atoms with Crippen molar-refractivity contribution in [1.29, 1.82) is 0 Å². The number of aromatic nitrogens is 6. The van der Waals surface area contributed by atoms with E-state index in [9.17, 15) is 0 Å². The van der Waals surface area contributed by atoms with Gasteiger partial charge in [-0.15, -0.1) is 0 Å². The predicted octanol–water partition coefficient (Wildman–Crippen LogP) is 14.8. The van der Waals surface area contributed by atoms with Crippen LogP contribution in [0.5, 0.6) is 0 Å². The predicted molar refractivity (Wildman–Crippen MR) is 384 cm³/mol. The maximum Gasteiger partial charge on any atom is 0.243 e. The largest absolute Gasteiger partial charge is 0.793 e. The van der Waals surface area contributed by atoms with Crippen LogP contribution in [0.3, 0.4) is 0 Å². The van der Waals surface area contributed by atoms with E-state index in [-0.39, 0.29) is 32.7 Å². The second kappa shape index (κ2) is 59.0. The third kappa shape index (κ3) is 37.7. The van der Waals surface area contributed by atoms with E-state index in [0.29, 0.717) is 0 Å². The van der Waals surface area contributed by atoms with Gasteiger partial charge >= 0.3 is 0 Å². The first-order chi connectivity index (χ1) is 42.2. The Bertz CT molecular complexity index is 2300. The zero-order valence-corrected chi connectivity index (χ0v) is 64.5. The quantitative estimate of drug-likeness (QED) is 0.0333. The zero-order valence-electron chi connectivity index (χ0n) is 59.3. The fourth-order valence-electron chi connectivity index (χ4n) is 9.67. The van der Waals surface area contributed by atoms with Gasteiger partial charge in [0.25, 0.3) is 0 Å². The van der Waals surface area contributed by atoms with Gasteiger partial charge in [-0.05, 0) is 87.8 Å². The Morgan fingerprint density at radius 1 is 0.398 bits per heavy atom. The molecular weight excluding hydrogens is 1220 g/mol. The molecule has 1 radical (unpaired) electrons. The van der Waals surface area contributed by atoms with Crippen LogP contribution in [0.4, 0.5) is 17.1 Å². The van der Waals surface area contributed by atoms with E-state index < -0.39 is 0 Å². The number of para-hydroxylation sites is 3. The number of azo groups is 3. The molecule has 0 atom stereocenters. The van der Waals surface area contributed by atoms with Gasteiger partial charge in [0.2, 0.25) is 19.0 Å². The van der Waals surface area contributed by atoms with Gasteiger partial charge in [-0.25, -0.2) is 27.4 Å². The van der Waals surface area contributed by atoms with Crippen molar-refractivity contribution in [1.82, 2.24) is 13.7 Å². The van der Waals surface area contributed by atoms with Gasteiger partial charge in [0, 0.05) is 183 Å². The van der Waals surface area contributed by atoms with Crippen LogP contribution in [0.25, 0.3) is 0 Å². The maximum absolute atomic E-state index is 4.89. The fraction of sp³-hybridized carbons (Fsp3) is 0.609. The van der Waals surface area contributed by atoms with Crippen molar-refractivity contribution in [3.8, 4) is 0 Å². The number of hydrogen-bond donors (Lipinski definition) is 0. The molecule has 3 aromatic carbocycles. The van der Waals surface area contributed by atoms with Gasteiger partial charge in [-0.2, -0.15) is 36.4 Å². The number of aryl methyl sites for hydroxylation is 6. The molecule has 0 N–H and O–H groups in total. The Morgan fingerprint density at radius 2 is 0.625 bits per heavy atom. The molecule has 0 saturated carbocycles. The second-order valence-corrected chi connectivity index (χ2v) is 23.3. The molecule has 0 bridgehead atoms. The molecule has 0 aliphatic heterocycles. The van der Waals surface area contributed by atoms with E-state index in [0.717, 1.165) is 31.8 Å².